The molecule has 1 aliphatic heterocycles. The van der Waals surface area contributed by atoms with Gasteiger partial charge in [-0.1, -0.05) is 30.3 Å². The molecule has 0 saturated carbocycles. The third-order valence-electron chi connectivity index (χ3n) is 5.49. The first-order chi connectivity index (χ1) is 15.6. The van der Waals surface area contributed by atoms with Gasteiger partial charge in [0.25, 0.3) is 5.91 Å². The summed E-state index contributed by atoms with van der Waals surface area (Å²) < 4.78 is 12.9. The Labute approximate surface area is 184 Å². The van der Waals surface area contributed by atoms with Gasteiger partial charge in [0.2, 0.25) is 11.8 Å². The molecule has 3 aromatic heterocycles. The van der Waals surface area contributed by atoms with Gasteiger partial charge < -0.3 is 20.1 Å². The molecule has 9 heteroatoms. The number of nitrogens with zero attached hydrogens (tertiary/aromatic N) is 5. The molecule has 162 valence electrons. The van der Waals surface area contributed by atoms with E-state index in [-0.39, 0.29) is 23.8 Å². The van der Waals surface area contributed by atoms with Gasteiger partial charge in [-0.05, 0) is 29.3 Å². The van der Waals surface area contributed by atoms with Crippen LogP contribution in [0.1, 0.15) is 22.0 Å². The molecule has 1 aliphatic rings. The Kier molecular flexibility index (Phi) is 5.16. The molecule has 32 heavy (non-hydrogen) atoms. The number of morpholine rings is 1. The highest BCUT2D eigenvalue weighted by Crippen LogP contribution is 2.28. The van der Waals surface area contributed by atoms with Crippen molar-refractivity contribution in [2.45, 2.75) is 6.10 Å². The molecule has 2 N–H and O–H groups in total. The van der Waals surface area contributed by atoms with E-state index < -0.39 is 0 Å². The average molecular weight is 430 g/mol. The largest absolute Gasteiger partial charge is 0.480 e. The van der Waals surface area contributed by atoms with Crippen LogP contribution < -0.4 is 10.5 Å². The number of ether oxygens (including phenoxy) is 2. The molecule has 1 fully saturated rings. The van der Waals surface area contributed by atoms with Crippen LogP contribution in [-0.2, 0) is 4.74 Å². The maximum absolute atomic E-state index is 13.5. The Hall–Kier alpha value is -3.98. The number of hydrogen-bond acceptors (Lipinski definition) is 7. The van der Waals surface area contributed by atoms with Crippen molar-refractivity contribution in [3.63, 3.8) is 0 Å². The summed E-state index contributed by atoms with van der Waals surface area (Å²) in [6, 6.07) is 15.4. The zero-order chi connectivity index (χ0) is 22.1. The Bertz CT molecular complexity index is 1270. The summed E-state index contributed by atoms with van der Waals surface area (Å²) in [5.74, 6) is 0.341. The fourth-order valence-corrected chi connectivity index (χ4v) is 3.88. The predicted molar refractivity (Wildman–Crippen MR) is 118 cm³/mol. The number of anilines is 1. The molecule has 4 aromatic rings. The zero-order valence-electron chi connectivity index (χ0n) is 17.5. The Morgan fingerprint density at radius 3 is 2.84 bits per heavy atom. The van der Waals surface area contributed by atoms with Gasteiger partial charge >= 0.3 is 0 Å². The maximum atomic E-state index is 13.5. The van der Waals surface area contributed by atoms with E-state index in [1.54, 1.807) is 27.9 Å². The minimum atomic E-state index is -0.170. The third kappa shape index (κ3) is 3.74. The number of nitrogens with two attached hydrogens (primary N) is 1. The lowest BCUT2D eigenvalue weighted by Gasteiger charge is -2.33. The minimum absolute atomic E-state index is 0.145. The van der Waals surface area contributed by atoms with Gasteiger partial charge in [-0.25, -0.2) is 9.50 Å². The van der Waals surface area contributed by atoms with Gasteiger partial charge in [0.1, 0.15) is 11.7 Å². The number of carbonyl (C=O) groups is 1. The Morgan fingerprint density at radius 2 is 2.03 bits per heavy atom. The summed E-state index contributed by atoms with van der Waals surface area (Å²) in [7, 11) is 1.51. The number of carbonyl (C=O) groups excluding carboxylic acids is 1. The molecule has 1 saturated heterocycles. The van der Waals surface area contributed by atoms with Crippen LogP contribution in [0.3, 0.4) is 0 Å². The minimum Gasteiger partial charge on any atom is -0.480 e. The molecule has 9 nitrogen and oxygen atoms in total. The summed E-state index contributed by atoms with van der Waals surface area (Å²) in [5, 5.41) is 4.09. The van der Waals surface area contributed by atoms with E-state index in [1.165, 1.54) is 7.11 Å². The van der Waals surface area contributed by atoms with Crippen LogP contribution in [0.15, 0.2) is 60.9 Å². The summed E-state index contributed by atoms with van der Waals surface area (Å²) in [5.41, 5.74) is 9.36. The van der Waals surface area contributed by atoms with Crippen molar-refractivity contribution in [3.05, 3.63) is 72.1 Å². The normalized spacial score (nSPS) is 16.3. The van der Waals surface area contributed by atoms with Gasteiger partial charge in [0, 0.05) is 24.5 Å². The first-order valence-electron chi connectivity index (χ1n) is 10.2. The van der Waals surface area contributed by atoms with Gasteiger partial charge in [-0.3, -0.25) is 4.79 Å². The van der Waals surface area contributed by atoms with Crippen LogP contribution in [0, 0.1) is 0 Å². The average Bonchev–Trinajstić information content (AvgIpc) is 3.23. The number of nitrogen functional groups attached to an aromatic ring is 1. The summed E-state index contributed by atoms with van der Waals surface area (Å²) in [4.78, 5) is 23.8. The molecule has 1 aromatic carbocycles. The van der Waals surface area contributed by atoms with Crippen molar-refractivity contribution >= 4 is 17.5 Å². The van der Waals surface area contributed by atoms with E-state index in [9.17, 15) is 4.79 Å². The second kappa shape index (κ2) is 8.27. The van der Waals surface area contributed by atoms with E-state index in [0.29, 0.717) is 30.9 Å². The fraction of sp³-hybridized carbons (Fsp3) is 0.217. The molecule has 4 heterocycles. The van der Waals surface area contributed by atoms with Gasteiger partial charge in [0.05, 0.1) is 20.3 Å². The van der Waals surface area contributed by atoms with E-state index >= 15 is 0 Å². The van der Waals surface area contributed by atoms with Crippen LogP contribution in [0.2, 0.25) is 0 Å². The topological polar surface area (TPSA) is 108 Å². The number of hydrogen-bond donors (Lipinski definition) is 1. The molecule has 1 unspecified atom stereocenters. The van der Waals surface area contributed by atoms with E-state index in [1.807, 2.05) is 42.5 Å². The molecule has 0 radical (unpaired) electrons. The number of rotatable bonds is 4. The number of benzene rings is 1. The summed E-state index contributed by atoms with van der Waals surface area (Å²) in [6.45, 7) is 1.42. The number of amides is 1. The quantitative estimate of drug-likeness (QED) is 0.530. The summed E-state index contributed by atoms with van der Waals surface area (Å²) in [6.07, 6.45) is 3.27. The van der Waals surface area contributed by atoms with Gasteiger partial charge in [-0.15, -0.1) is 5.10 Å². The van der Waals surface area contributed by atoms with Crippen LogP contribution in [-0.4, -0.2) is 57.2 Å². The molecular formula is C23H22N6O3. The third-order valence-corrected chi connectivity index (χ3v) is 5.49. The van der Waals surface area contributed by atoms with Gasteiger partial charge in [-0.2, -0.15) is 4.98 Å². The molecular weight excluding hydrogens is 408 g/mol. The number of methoxy groups -OCH3 is 1. The second-order valence-corrected chi connectivity index (χ2v) is 7.49. The fourth-order valence-electron chi connectivity index (χ4n) is 3.88. The first-order valence-corrected chi connectivity index (χ1v) is 10.2. The molecule has 0 aliphatic carbocycles. The number of aromatic nitrogens is 4. The van der Waals surface area contributed by atoms with Crippen molar-refractivity contribution < 1.29 is 14.3 Å². The van der Waals surface area contributed by atoms with Gasteiger partial charge in [0.15, 0.2) is 5.65 Å². The lowest BCUT2D eigenvalue weighted by Crippen LogP contribution is -2.42. The molecule has 1 atom stereocenters. The lowest BCUT2D eigenvalue weighted by molar-refractivity contribution is -0.0229. The second-order valence-electron chi connectivity index (χ2n) is 7.49. The zero-order valence-corrected chi connectivity index (χ0v) is 17.5. The van der Waals surface area contributed by atoms with E-state index in [0.717, 1.165) is 16.7 Å². The lowest BCUT2D eigenvalue weighted by atomic mass is 10.0. The number of pyridine rings is 2. The highest BCUT2D eigenvalue weighted by molar-refractivity contribution is 5.97. The molecule has 0 bridgehead atoms. The first kappa shape index (κ1) is 20.0. The smallest absolute Gasteiger partial charge is 0.259 e. The molecule has 0 spiro atoms. The molecule has 1 amide bonds. The Balaban J connectivity index is 1.45. The van der Waals surface area contributed by atoms with Crippen molar-refractivity contribution in [2.75, 3.05) is 32.5 Å². The summed E-state index contributed by atoms with van der Waals surface area (Å²) >= 11 is 0. The van der Waals surface area contributed by atoms with E-state index in [4.69, 9.17) is 15.2 Å². The maximum Gasteiger partial charge on any atom is 0.259 e. The highest BCUT2D eigenvalue weighted by atomic mass is 16.5. The highest BCUT2D eigenvalue weighted by Gasteiger charge is 2.28. The SMILES string of the molecule is COc1ncc(-c2ccn3nc(N)nc3c2)cc1C(=O)N1CCOC(c2ccccc2)C1. The van der Waals surface area contributed by atoms with Crippen LogP contribution >= 0.6 is 0 Å². The van der Waals surface area contributed by atoms with Crippen LogP contribution in [0.5, 0.6) is 5.88 Å². The molecule has 5 rings (SSSR count). The van der Waals surface area contributed by atoms with Crippen molar-refractivity contribution in [1.29, 1.82) is 0 Å². The van der Waals surface area contributed by atoms with Crippen molar-refractivity contribution in [3.8, 4) is 17.0 Å². The van der Waals surface area contributed by atoms with Crippen LogP contribution in [0.25, 0.3) is 16.8 Å². The monoisotopic (exact) mass is 430 g/mol. The standard InChI is InChI=1S/C23H22N6O3/c1-31-21-18(22(30)28-9-10-32-19(14-28)15-5-3-2-4-6-15)11-17(13-25-21)16-7-8-29-20(12-16)26-23(24)27-29/h2-8,11-13,19H,9-10,14H2,1H3,(H2,24,27). The number of fused-ring (bicyclic) bond motifs is 1. The van der Waals surface area contributed by atoms with Crippen molar-refractivity contribution in [2.24, 2.45) is 0 Å². The predicted octanol–water partition coefficient (Wildman–Crippen LogP) is 2.60. The van der Waals surface area contributed by atoms with E-state index in [2.05, 4.69) is 15.1 Å². The Morgan fingerprint density at radius 1 is 1.19 bits per heavy atom. The van der Waals surface area contributed by atoms with Crippen LogP contribution in [0.4, 0.5) is 5.95 Å². The van der Waals surface area contributed by atoms with Crippen molar-refractivity contribution in [1.82, 2.24) is 24.5 Å².